The average molecular weight is 284 g/mol. The van der Waals surface area contributed by atoms with Crippen molar-refractivity contribution in [3.05, 3.63) is 42.0 Å². The Balaban J connectivity index is 1.93. The smallest absolute Gasteiger partial charge is 0.104 e. The van der Waals surface area contributed by atoms with Gasteiger partial charge in [-0.05, 0) is 36.3 Å². The highest BCUT2D eigenvalue weighted by Gasteiger charge is 2.36. The highest BCUT2D eigenvalue weighted by molar-refractivity contribution is 7.80. The minimum atomic E-state index is 0.461. The van der Waals surface area contributed by atoms with Crippen LogP contribution in [0.4, 0.5) is 5.69 Å². The number of hydrogen-bond acceptors (Lipinski definition) is 2. The molecule has 0 radical (unpaired) electrons. The zero-order chi connectivity index (χ0) is 14.1. The van der Waals surface area contributed by atoms with Crippen LogP contribution < -0.4 is 11.1 Å². The molecule has 104 valence electrons. The summed E-state index contributed by atoms with van der Waals surface area (Å²) in [6, 6.07) is 13.1. The fourth-order valence-electron chi connectivity index (χ4n) is 2.95. The van der Waals surface area contributed by atoms with E-state index in [-0.39, 0.29) is 0 Å². The van der Waals surface area contributed by atoms with Crippen LogP contribution in [0.1, 0.15) is 31.7 Å². The molecule has 0 amide bonds. The molecule has 0 aliphatic heterocycles. The van der Waals surface area contributed by atoms with E-state index in [1.807, 2.05) is 12.1 Å². The lowest BCUT2D eigenvalue weighted by atomic mass is 10.0. The second kappa shape index (κ2) is 5.41. The quantitative estimate of drug-likeness (QED) is 0.813. The first-order valence-corrected chi connectivity index (χ1v) is 7.69. The molecule has 0 spiro atoms. The molecule has 3 N–H and O–H groups in total. The van der Waals surface area contributed by atoms with Gasteiger partial charge in [-0.3, -0.25) is 0 Å². The van der Waals surface area contributed by atoms with Crippen LogP contribution in [0.2, 0.25) is 0 Å². The van der Waals surface area contributed by atoms with Gasteiger partial charge >= 0.3 is 0 Å². The minimum Gasteiger partial charge on any atom is -0.389 e. The van der Waals surface area contributed by atoms with Crippen molar-refractivity contribution in [3.8, 4) is 0 Å². The number of thiocarbonyl (C=S) groups is 1. The number of fused-ring (bicyclic) bond motifs is 1. The van der Waals surface area contributed by atoms with E-state index < -0.39 is 0 Å². The van der Waals surface area contributed by atoms with Gasteiger partial charge in [0.15, 0.2) is 0 Å². The van der Waals surface area contributed by atoms with Gasteiger partial charge in [0.05, 0.1) is 0 Å². The van der Waals surface area contributed by atoms with E-state index in [1.54, 1.807) is 0 Å². The van der Waals surface area contributed by atoms with Crippen LogP contribution in [-0.4, -0.2) is 11.0 Å². The third-order valence-corrected chi connectivity index (χ3v) is 4.33. The molecule has 0 saturated heterocycles. The molecule has 2 nitrogen and oxygen atoms in total. The van der Waals surface area contributed by atoms with Crippen molar-refractivity contribution in [1.29, 1.82) is 0 Å². The molecule has 0 aromatic heterocycles. The number of hydrogen-bond donors (Lipinski definition) is 2. The Morgan fingerprint density at radius 2 is 2.00 bits per heavy atom. The van der Waals surface area contributed by atoms with E-state index in [2.05, 4.69) is 36.5 Å². The Bertz CT molecular complexity index is 650. The lowest BCUT2D eigenvalue weighted by Gasteiger charge is -2.12. The number of benzene rings is 2. The summed E-state index contributed by atoms with van der Waals surface area (Å²) in [7, 11) is 0. The zero-order valence-corrected chi connectivity index (χ0v) is 12.5. The maximum Gasteiger partial charge on any atom is 0.104 e. The largest absolute Gasteiger partial charge is 0.389 e. The lowest BCUT2D eigenvalue weighted by Crippen LogP contribution is -2.11. The van der Waals surface area contributed by atoms with Gasteiger partial charge in [-0.25, -0.2) is 0 Å². The molecular weight excluding hydrogens is 264 g/mol. The summed E-state index contributed by atoms with van der Waals surface area (Å²) in [5.74, 6) is 0.842. The Morgan fingerprint density at radius 3 is 2.70 bits per heavy atom. The normalized spacial score (nSPS) is 20.9. The van der Waals surface area contributed by atoms with Crippen molar-refractivity contribution >= 4 is 33.7 Å². The van der Waals surface area contributed by atoms with E-state index in [0.29, 0.717) is 11.0 Å². The van der Waals surface area contributed by atoms with Gasteiger partial charge < -0.3 is 11.1 Å². The molecule has 0 bridgehead atoms. The van der Waals surface area contributed by atoms with Gasteiger partial charge in [0.1, 0.15) is 4.99 Å². The maximum absolute atomic E-state index is 5.82. The van der Waals surface area contributed by atoms with E-state index >= 15 is 0 Å². The van der Waals surface area contributed by atoms with Crippen LogP contribution in [0.3, 0.4) is 0 Å². The van der Waals surface area contributed by atoms with Crippen LogP contribution >= 0.6 is 12.2 Å². The molecule has 3 heteroatoms. The molecule has 1 fully saturated rings. The molecule has 2 aromatic rings. The number of nitrogens with one attached hydrogen (secondary N) is 1. The SMILES string of the molecule is CCCC1CC1Nc1ccc(C(N)=S)c2ccccc12. The Labute approximate surface area is 125 Å². The molecule has 2 unspecified atom stereocenters. The molecule has 2 atom stereocenters. The Morgan fingerprint density at radius 1 is 1.25 bits per heavy atom. The standard InChI is InChI=1S/C17H20N2S/c1-2-5-11-10-16(11)19-15-9-8-14(17(18)20)12-6-3-4-7-13(12)15/h3-4,6-9,11,16,19H,2,5,10H2,1H3,(H2,18,20). The number of nitrogens with two attached hydrogens (primary N) is 1. The molecular formula is C17H20N2S. The van der Waals surface area contributed by atoms with Gasteiger partial charge in [-0.2, -0.15) is 0 Å². The zero-order valence-electron chi connectivity index (χ0n) is 11.7. The van der Waals surface area contributed by atoms with E-state index in [4.69, 9.17) is 18.0 Å². The van der Waals surface area contributed by atoms with Crippen molar-refractivity contribution in [1.82, 2.24) is 0 Å². The predicted octanol–water partition coefficient (Wildman–Crippen LogP) is 4.07. The summed E-state index contributed by atoms with van der Waals surface area (Å²) in [6.07, 6.45) is 3.88. The Hall–Kier alpha value is -1.61. The lowest BCUT2D eigenvalue weighted by molar-refractivity contribution is 0.693. The van der Waals surface area contributed by atoms with Gasteiger partial charge in [0.2, 0.25) is 0 Å². The van der Waals surface area contributed by atoms with Crippen LogP contribution in [0.5, 0.6) is 0 Å². The number of anilines is 1. The molecule has 0 heterocycles. The maximum atomic E-state index is 5.82. The predicted molar refractivity (Wildman–Crippen MR) is 90.3 cm³/mol. The number of rotatable bonds is 5. The van der Waals surface area contributed by atoms with Crippen molar-refractivity contribution in [3.63, 3.8) is 0 Å². The van der Waals surface area contributed by atoms with Gasteiger partial charge in [0, 0.05) is 22.7 Å². The summed E-state index contributed by atoms with van der Waals surface area (Å²) >= 11 is 5.14. The van der Waals surface area contributed by atoms with Crippen LogP contribution in [-0.2, 0) is 0 Å². The monoisotopic (exact) mass is 284 g/mol. The second-order valence-electron chi connectivity index (χ2n) is 5.61. The Kier molecular flexibility index (Phi) is 3.62. The van der Waals surface area contributed by atoms with E-state index in [9.17, 15) is 0 Å². The summed E-state index contributed by atoms with van der Waals surface area (Å²) in [6.45, 7) is 2.25. The molecule has 20 heavy (non-hydrogen) atoms. The van der Waals surface area contributed by atoms with Gasteiger partial charge in [-0.1, -0.05) is 49.8 Å². The molecule has 3 rings (SSSR count). The first-order chi connectivity index (χ1) is 9.70. The molecule has 1 aliphatic carbocycles. The van der Waals surface area contributed by atoms with Gasteiger partial charge in [0.25, 0.3) is 0 Å². The third kappa shape index (κ3) is 2.50. The molecule has 1 aliphatic rings. The molecule has 1 saturated carbocycles. The fraction of sp³-hybridized carbons (Fsp3) is 0.353. The summed E-state index contributed by atoms with van der Waals surface area (Å²) in [5.41, 5.74) is 7.97. The van der Waals surface area contributed by atoms with Crippen molar-refractivity contribution < 1.29 is 0 Å². The van der Waals surface area contributed by atoms with Crippen LogP contribution in [0, 0.1) is 5.92 Å². The fourth-order valence-corrected chi connectivity index (χ4v) is 3.13. The van der Waals surface area contributed by atoms with Gasteiger partial charge in [-0.15, -0.1) is 0 Å². The summed E-state index contributed by atoms with van der Waals surface area (Å²) in [4.78, 5) is 0.461. The summed E-state index contributed by atoms with van der Waals surface area (Å²) in [5, 5.41) is 6.02. The van der Waals surface area contributed by atoms with Crippen LogP contribution in [0.15, 0.2) is 36.4 Å². The first kappa shape index (κ1) is 13.4. The second-order valence-corrected chi connectivity index (χ2v) is 6.05. The van der Waals surface area contributed by atoms with E-state index in [1.165, 1.54) is 30.3 Å². The van der Waals surface area contributed by atoms with Crippen molar-refractivity contribution in [2.45, 2.75) is 32.2 Å². The topological polar surface area (TPSA) is 38.0 Å². The van der Waals surface area contributed by atoms with Crippen molar-refractivity contribution in [2.75, 3.05) is 5.32 Å². The summed E-state index contributed by atoms with van der Waals surface area (Å²) < 4.78 is 0. The van der Waals surface area contributed by atoms with E-state index in [0.717, 1.165) is 16.9 Å². The minimum absolute atomic E-state index is 0.461. The highest BCUT2D eigenvalue weighted by Crippen LogP contribution is 2.39. The average Bonchev–Trinajstić information content (AvgIpc) is 3.17. The first-order valence-electron chi connectivity index (χ1n) is 7.28. The van der Waals surface area contributed by atoms with Crippen LogP contribution in [0.25, 0.3) is 10.8 Å². The van der Waals surface area contributed by atoms with Crippen molar-refractivity contribution in [2.24, 2.45) is 11.7 Å². The third-order valence-electron chi connectivity index (χ3n) is 4.11. The highest BCUT2D eigenvalue weighted by atomic mass is 32.1. The molecule has 2 aromatic carbocycles.